The third kappa shape index (κ3) is 5.06. The Labute approximate surface area is 138 Å². The maximum Gasteiger partial charge on any atom is 0.422 e. The van der Waals surface area contributed by atoms with Crippen molar-refractivity contribution in [3.05, 3.63) is 22.2 Å². The SMILES string of the molecule is CC(C)(C)OC(=O)NNCc1cc(Br)c2c(c1)OCCCO2. The highest BCUT2D eigenvalue weighted by Gasteiger charge is 2.17. The number of carbonyl (C=O) groups excluding carboxylic acids is 1. The van der Waals surface area contributed by atoms with Crippen LogP contribution in [0.1, 0.15) is 32.8 Å². The van der Waals surface area contributed by atoms with Crippen molar-refractivity contribution in [2.45, 2.75) is 39.3 Å². The fourth-order valence-electron chi connectivity index (χ4n) is 1.91. The molecule has 0 aliphatic carbocycles. The van der Waals surface area contributed by atoms with Crippen molar-refractivity contribution in [2.75, 3.05) is 13.2 Å². The Morgan fingerprint density at radius 1 is 1.32 bits per heavy atom. The smallest absolute Gasteiger partial charge is 0.422 e. The lowest BCUT2D eigenvalue weighted by molar-refractivity contribution is 0.0497. The van der Waals surface area contributed by atoms with E-state index in [1.54, 1.807) is 0 Å². The average Bonchev–Trinajstić information content (AvgIpc) is 2.62. The molecule has 1 aromatic rings. The van der Waals surface area contributed by atoms with E-state index in [1.807, 2.05) is 32.9 Å². The second-order valence-electron chi connectivity index (χ2n) is 5.94. The highest BCUT2D eigenvalue weighted by molar-refractivity contribution is 9.10. The number of fused-ring (bicyclic) bond motifs is 1. The van der Waals surface area contributed by atoms with E-state index in [4.69, 9.17) is 14.2 Å². The van der Waals surface area contributed by atoms with Gasteiger partial charge in [0.1, 0.15) is 5.60 Å². The number of carbonyl (C=O) groups is 1. The number of nitrogens with one attached hydrogen (secondary N) is 2. The molecule has 6 nitrogen and oxygen atoms in total. The first-order valence-corrected chi connectivity index (χ1v) is 7.94. The zero-order valence-corrected chi connectivity index (χ0v) is 14.6. The van der Waals surface area contributed by atoms with E-state index in [1.165, 1.54) is 0 Å². The third-order valence-electron chi connectivity index (χ3n) is 2.74. The van der Waals surface area contributed by atoms with Crippen LogP contribution in [0, 0.1) is 0 Å². The number of halogens is 1. The third-order valence-corrected chi connectivity index (χ3v) is 3.33. The van der Waals surface area contributed by atoms with Gasteiger partial charge >= 0.3 is 6.09 Å². The maximum absolute atomic E-state index is 11.5. The van der Waals surface area contributed by atoms with Gasteiger partial charge in [0, 0.05) is 13.0 Å². The number of benzene rings is 1. The van der Waals surface area contributed by atoms with Crippen LogP contribution in [0.3, 0.4) is 0 Å². The molecule has 22 heavy (non-hydrogen) atoms. The average molecular weight is 373 g/mol. The number of hydrogen-bond donors (Lipinski definition) is 2. The minimum atomic E-state index is -0.524. The molecule has 122 valence electrons. The van der Waals surface area contributed by atoms with Gasteiger partial charge in [-0.25, -0.2) is 10.2 Å². The number of amides is 1. The molecule has 1 aliphatic heterocycles. The Bertz CT molecular complexity index is 543. The molecule has 0 atom stereocenters. The molecule has 0 radical (unpaired) electrons. The largest absolute Gasteiger partial charge is 0.490 e. The van der Waals surface area contributed by atoms with Gasteiger partial charge in [0.05, 0.1) is 17.7 Å². The van der Waals surface area contributed by atoms with Gasteiger partial charge in [0.2, 0.25) is 0 Å². The van der Waals surface area contributed by atoms with Crippen LogP contribution in [-0.2, 0) is 11.3 Å². The van der Waals surface area contributed by atoms with E-state index >= 15 is 0 Å². The summed E-state index contributed by atoms with van der Waals surface area (Å²) < 4.78 is 17.3. The number of hydrazine groups is 1. The van der Waals surface area contributed by atoms with Gasteiger partial charge in [-0.1, -0.05) is 0 Å². The Morgan fingerprint density at radius 2 is 2.05 bits per heavy atom. The lowest BCUT2D eigenvalue weighted by Gasteiger charge is -2.20. The maximum atomic E-state index is 11.5. The summed E-state index contributed by atoms with van der Waals surface area (Å²) in [6, 6.07) is 3.83. The van der Waals surface area contributed by atoms with Gasteiger partial charge in [-0.15, -0.1) is 0 Å². The fourth-order valence-corrected chi connectivity index (χ4v) is 2.51. The summed E-state index contributed by atoms with van der Waals surface area (Å²) in [5, 5.41) is 0. The Balaban J connectivity index is 1.92. The summed E-state index contributed by atoms with van der Waals surface area (Å²) >= 11 is 3.48. The van der Waals surface area contributed by atoms with Crippen LogP contribution in [0.2, 0.25) is 0 Å². The molecule has 0 saturated heterocycles. The summed E-state index contributed by atoms with van der Waals surface area (Å²) in [5.41, 5.74) is 5.76. The molecular formula is C15H21BrN2O4. The Morgan fingerprint density at radius 3 is 2.77 bits per heavy atom. The molecule has 1 heterocycles. The molecule has 0 saturated carbocycles. The Hall–Kier alpha value is -1.47. The van der Waals surface area contributed by atoms with E-state index in [9.17, 15) is 4.79 Å². The first-order valence-electron chi connectivity index (χ1n) is 7.15. The molecule has 2 N–H and O–H groups in total. The molecule has 0 unspecified atom stereocenters. The molecule has 1 aromatic carbocycles. The van der Waals surface area contributed by atoms with Crippen molar-refractivity contribution in [1.82, 2.24) is 10.9 Å². The van der Waals surface area contributed by atoms with Gasteiger partial charge in [0.25, 0.3) is 0 Å². The van der Waals surface area contributed by atoms with Crippen LogP contribution in [-0.4, -0.2) is 24.9 Å². The molecule has 2 rings (SSSR count). The van der Waals surface area contributed by atoms with Crippen LogP contribution in [0.25, 0.3) is 0 Å². The van der Waals surface area contributed by atoms with Gasteiger partial charge in [0.15, 0.2) is 11.5 Å². The van der Waals surface area contributed by atoms with Crippen molar-refractivity contribution in [2.24, 2.45) is 0 Å². The minimum absolute atomic E-state index is 0.439. The topological polar surface area (TPSA) is 68.8 Å². The molecule has 1 amide bonds. The van der Waals surface area contributed by atoms with Crippen molar-refractivity contribution < 1.29 is 19.0 Å². The summed E-state index contributed by atoms with van der Waals surface area (Å²) in [5.74, 6) is 1.43. The minimum Gasteiger partial charge on any atom is -0.490 e. The van der Waals surface area contributed by atoms with E-state index in [-0.39, 0.29) is 0 Å². The molecule has 0 spiro atoms. The second-order valence-corrected chi connectivity index (χ2v) is 6.79. The van der Waals surface area contributed by atoms with Crippen molar-refractivity contribution in [3.63, 3.8) is 0 Å². The zero-order chi connectivity index (χ0) is 16.2. The van der Waals surface area contributed by atoms with E-state index in [0.29, 0.717) is 25.5 Å². The number of hydrogen-bond acceptors (Lipinski definition) is 5. The highest BCUT2D eigenvalue weighted by atomic mass is 79.9. The lowest BCUT2D eigenvalue weighted by Crippen LogP contribution is -2.40. The molecule has 0 aromatic heterocycles. The lowest BCUT2D eigenvalue weighted by atomic mass is 10.2. The predicted molar refractivity (Wildman–Crippen MR) is 86.0 cm³/mol. The standard InChI is InChI=1S/C15H21BrN2O4/c1-15(2,3)22-14(19)18-17-9-10-7-11(16)13-12(8-10)20-5-4-6-21-13/h7-8,17H,4-6,9H2,1-3H3,(H,18,19). The van der Waals surface area contributed by atoms with Crippen LogP contribution in [0.4, 0.5) is 4.79 Å². The quantitative estimate of drug-likeness (QED) is 0.797. The van der Waals surface area contributed by atoms with Gasteiger partial charge in [-0.2, -0.15) is 0 Å². The van der Waals surface area contributed by atoms with Crippen LogP contribution < -0.4 is 20.3 Å². The monoisotopic (exact) mass is 372 g/mol. The molecule has 1 aliphatic rings. The van der Waals surface area contributed by atoms with E-state index in [2.05, 4.69) is 26.8 Å². The van der Waals surface area contributed by atoms with Crippen LogP contribution >= 0.6 is 15.9 Å². The van der Waals surface area contributed by atoms with E-state index in [0.717, 1.165) is 22.2 Å². The van der Waals surface area contributed by atoms with Crippen molar-refractivity contribution in [3.8, 4) is 11.5 Å². The van der Waals surface area contributed by atoms with Crippen molar-refractivity contribution in [1.29, 1.82) is 0 Å². The predicted octanol–water partition coefficient (Wildman–Crippen LogP) is 3.14. The van der Waals surface area contributed by atoms with Crippen LogP contribution in [0.5, 0.6) is 11.5 Å². The molecular weight excluding hydrogens is 352 g/mol. The first-order chi connectivity index (χ1) is 10.3. The van der Waals surface area contributed by atoms with Gasteiger partial charge in [-0.05, 0) is 54.4 Å². The van der Waals surface area contributed by atoms with Crippen molar-refractivity contribution >= 4 is 22.0 Å². The number of rotatable bonds is 3. The molecule has 0 fully saturated rings. The normalized spacial score (nSPS) is 14.2. The highest BCUT2D eigenvalue weighted by Crippen LogP contribution is 2.38. The summed E-state index contributed by atoms with van der Waals surface area (Å²) in [4.78, 5) is 11.5. The zero-order valence-electron chi connectivity index (χ0n) is 13.0. The fraction of sp³-hybridized carbons (Fsp3) is 0.533. The van der Waals surface area contributed by atoms with Gasteiger partial charge in [-0.3, -0.25) is 5.43 Å². The second kappa shape index (κ2) is 7.19. The summed E-state index contributed by atoms with van der Waals surface area (Å²) in [7, 11) is 0. The first kappa shape index (κ1) is 16.9. The van der Waals surface area contributed by atoms with E-state index < -0.39 is 11.7 Å². The molecule has 0 bridgehead atoms. The molecule has 7 heteroatoms. The summed E-state index contributed by atoms with van der Waals surface area (Å²) in [6.45, 7) is 7.15. The van der Waals surface area contributed by atoms with Crippen LogP contribution in [0.15, 0.2) is 16.6 Å². The Kier molecular flexibility index (Phi) is 5.52. The summed E-state index contributed by atoms with van der Waals surface area (Å²) in [6.07, 6.45) is 0.343. The number of ether oxygens (including phenoxy) is 3. The van der Waals surface area contributed by atoms with Gasteiger partial charge < -0.3 is 14.2 Å².